The number of nitrogens with one attached hydrogen (secondary N) is 1. The zero-order valence-corrected chi connectivity index (χ0v) is 8.49. The fourth-order valence-electron chi connectivity index (χ4n) is 1.59. The fourth-order valence-corrected chi connectivity index (χ4v) is 1.59. The molecule has 1 aliphatic rings. The largest absolute Gasteiger partial charge is 0.364 e. The summed E-state index contributed by atoms with van der Waals surface area (Å²) >= 11 is 0. The van der Waals surface area contributed by atoms with Crippen molar-refractivity contribution >= 4 is 5.91 Å². The molecule has 0 radical (unpaired) electrons. The van der Waals surface area contributed by atoms with E-state index in [9.17, 15) is 9.59 Å². The van der Waals surface area contributed by atoms with Gasteiger partial charge in [0, 0.05) is 37.1 Å². The van der Waals surface area contributed by atoms with Crippen LogP contribution in [0.3, 0.4) is 0 Å². The van der Waals surface area contributed by atoms with Crippen LogP contribution in [0.15, 0.2) is 17.1 Å². The summed E-state index contributed by atoms with van der Waals surface area (Å²) < 4.78 is 0. The summed E-state index contributed by atoms with van der Waals surface area (Å²) in [4.78, 5) is 27.7. The predicted octanol–water partition coefficient (Wildman–Crippen LogP) is -0.534. The first-order chi connectivity index (χ1) is 7.08. The van der Waals surface area contributed by atoms with Crippen LogP contribution in [0.2, 0.25) is 0 Å². The number of rotatable bonds is 1. The molecule has 0 spiro atoms. The van der Waals surface area contributed by atoms with E-state index in [1.165, 1.54) is 12.3 Å². The number of carbonyl (C=O) groups excluding carboxylic acids is 1. The second-order valence-corrected chi connectivity index (χ2v) is 3.86. The van der Waals surface area contributed by atoms with E-state index < -0.39 is 0 Å². The lowest BCUT2D eigenvalue weighted by atomic mass is 10.1. The van der Waals surface area contributed by atoms with Crippen LogP contribution in [0, 0.1) is 6.92 Å². The number of aryl methyl sites for hydroxylation is 1. The lowest BCUT2D eigenvalue weighted by Crippen LogP contribution is -2.58. The van der Waals surface area contributed by atoms with E-state index in [2.05, 4.69) is 4.98 Å². The summed E-state index contributed by atoms with van der Waals surface area (Å²) in [5.41, 5.74) is 6.26. The Hall–Kier alpha value is -1.62. The van der Waals surface area contributed by atoms with Gasteiger partial charge in [0.05, 0.1) is 0 Å². The third-order valence-corrected chi connectivity index (χ3v) is 2.48. The highest BCUT2D eigenvalue weighted by Gasteiger charge is 2.29. The molecule has 2 heterocycles. The van der Waals surface area contributed by atoms with E-state index in [1.807, 2.05) is 0 Å². The molecule has 1 amide bonds. The Morgan fingerprint density at radius 1 is 1.60 bits per heavy atom. The summed E-state index contributed by atoms with van der Waals surface area (Å²) in [5, 5.41) is 0. The molecule has 80 valence electrons. The van der Waals surface area contributed by atoms with Crippen molar-refractivity contribution in [2.45, 2.75) is 13.0 Å². The van der Waals surface area contributed by atoms with Gasteiger partial charge in [-0.3, -0.25) is 9.59 Å². The topological polar surface area (TPSA) is 79.2 Å². The van der Waals surface area contributed by atoms with Crippen LogP contribution in [0.25, 0.3) is 0 Å². The number of aromatic amines is 1. The molecule has 1 aromatic rings. The number of pyridine rings is 1. The number of hydrogen-bond donors (Lipinski definition) is 2. The zero-order chi connectivity index (χ0) is 11.0. The van der Waals surface area contributed by atoms with Gasteiger partial charge in [-0.25, -0.2) is 0 Å². The first-order valence-electron chi connectivity index (χ1n) is 4.82. The molecule has 15 heavy (non-hydrogen) atoms. The van der Waals surface area contributed by atoms with Crippen molar-refractivity contribution in [2.24, 2.45) is 5.73 Å². The van der Waals surface area contributed by atoms with E-state index >= 15 is 0 Å². The average Bonchev–Trinajstić information content (AvgIpc) is 2.12. The number of aromatic nitrogens is 1. The van der Waals surface area contributed by atoms with Crippen molar-refractivity contribution in [1.82, 2.24) is 9.88 Å². The number of carbonyl (C=O) groups is 1. The molecule has 3 N–H and O–H groups in total. The monoisotopic (exact) mass is 207 g/mol. The minimum absolute atomic E-state index is 0.0541. The van der Waals surface area contributed by atoms with E-state index in [1.54, 1.807) is 11.8 Å². The Balaban J connectivity index is 2.23. The fraction of sp³-hybridized carbons (Fsp3) is 0.400. The quantitative estimate of drug-likeness (QED) is 0.649. The molecule has 5 heteroatoms. The van der Waals surface area contributed by atoms with Crippen LogP contribution < -0.4 is 11.2 Å². The molecule has 0 aromatic carbocycles. The normalized spacial score (nSPS) is 16.3. The number of nitrogens with zero attached hydrogens (tertiary/aromatic N) is 1. The molecule has 0 saturated carbocycles. The van der Waals surface area contributed by atoms with E-state index in [-0.39, 0.29) is 22.9 Å². The molecule has 0 unspecified atom stereocenters. The Bertz CT molecular complexity index is 446. The zero-order valence-electron chi connectivity index (χ0n) is 8.49. The van der Waals surface area contributed by atoms with Gasteiger partial charge in [-0.05, 0) is 6.92 Å². The molecule has 0 bridgehead atoms. The van der Waals surface area contributed by atoms with Crippen molar-refractivity contribution < 1.29 is 4.79 Å². The lowest BCUT2D eigenvalue weighted by Gasteiger charge is -2.36. The van der Waals surface area contributed by atoms with Gasteiger partial charge in [-0.2, -0.15) is 0 Å². The molecule has 1 aromatic heterocycles. The molecule has 0 atom stereocenters. The van der Waals surface area contributed by atoms with Crippen molar-refractivity contribution in [3.63, 3.8) is 0 Å². The van der Waals surface area contributed by atoms with Crippen molar-refractivity contribution in [2.75, 3.05) is 13.1 Å². The molecular formula is C10H13N3O2. The smallest absolute Gasteiger partial charge is 0.259 e. The molecule has 1 fully saturated rings. The highest BCUT2D eigenvalue weighted by molar-refractivity contribution is 5.94. The maximum absolute atomic E-state index is 11.8. The summed E-state index contributed by atoms with van der Waals surface area (Å²) in [6.45, 7) is 2.84. The van der Waals surface area contributed by atoms with Gasteiger partial charge in [-0.15, -0.1) is 0 Å². The maximum Gasteiger partial charge on any atom is 0.259 e. The van der Waals surface area contributed by atoms with Gasteiger partial charge in [0.15, 0.2) is 5.43 Å². The Morgan fingerprint density at radius 3 is 2.80 bits per heavy atom. The van der Waals surface area contributed by atoms with Gasteiger partial charge < -0.3 is 15.6 Å². The number of amides is 1. The number of H-pyrrole nitrogens is 1. The minimum Gasteiger partial charge on any atom is -0.364 e. The van der Waals surface area contributed by atoms with Gasteiger partial charge in [0.25, 0.3) is 5.91 Å². The van der Waals surface area contributed by atoms with Gasteiger partial charge in [0.2, 0.25) is 0 Å². The summed E-state index contributed by atoms with van der Waals surface area (Å²) in [6, 6.07) is 1.48. The molecule has 2 rings (SSSR count). The van der Waals surface area contributed by atoms with Crippen LogP contribution in [-0.2, 0) is 0 Å². The molecular weight excluding hydrogens is 194 g/mol. The number of likely N-dealkylation sites (tertiary alicyclic amines) is 1. The van der Waals surface area contributed by atoms with Crippen molar-refractivity contribution in [3.05, 3.63) is 33.7 Å². The van der Waals surface area contributed by atoms with E-state index in [0.717, 1.165) is 5.69 Å². The highest BCUT2D eigenvalue weighted by Crippen LogP contribution is 2.09. The van der Waals surface area contributed by atoms with Crippen LogP contribution in [-0.4, -0.2) is 34.9 Å². The first-order valence-corrected chi connectivity index (χ1v) is 4.82. The third kappa shape index (κ3) is 1.78. The summed E-state index contributed by atoms with van der Waals surface area (Å²) in [6.07, 6.45) is 1.46. The van der Waals surface area contributed by atoms with Crippen molar-refractivity contribution in [1.29, 1.82) is 0 Å². The SMILES string of the molecule is Cc1cc(=O)c(C(=O)N2CC(N)C2)c[nH]1. The Kier molecular flexibility index (Phi) is 2.32. The van der Waals surface area contributed by atoms with Gasteiger partial charge >= 0.3 is 0 Å². The standard InChI is InChI=1S/C10H13N3O2/c1-6-2-9(14)8(3-12-6)10(15)13-4-7(11)5-13/h2-3,7H,4-5,11H2,1H3,(H,12,14). The second kappa shape index (κ2) is 3.51. The van der Waals surface area contributed by atoms with E-state index in [4.69, 9.17) is 5.73 Å². The Morgan fingerprint density at radius 2 is 2.27 bits per heavy atom. The van der Waals surface area contributed by atoms with Gasteiger partial charge in [0.1, 0.15) is 5.56 Å². The van der Waals surface area contributed by atoms with E-state index in [0.29, 0.717) is 13.1 Å². The van der Waals surface area contributed by atoms with Crippen LogP contribution in [0.5, 0.6) is 0 Å². The molecule has 1 aliphatic heterocycles. The van der Waals surface area contributed by atoms with Crippen LogP contribution in [0.4, 0.5) is 0 Å². The third-order valence-electron chi connectivity index (χ3n) is 2.48. The van der Waals surface area contributed by atoms with Crippen LogP contribution >= 0.6 is 0 Å². The van der Waals surface area contributed by atoms with Crippen molar-refractivity contribution in [3.8, 4) is 0 Å². The lowest BCUT2D eigenvalue weighted by molar-refractivity contribution is 0.0606. The maximum atomic E-state index is 11.8. The molecule has 5 nitrogen and oxygen atoms in total. The summed E-state index contributed by atoms with van der Waals surface area (Å²) in [7, 11) is 0. The first kappa shape index (κ1) is 9.92. The highest BCUT2D eigenvalue weighted by atomic mass is 16.2. The predicted molar refractivity (Wildman–Crippen MR) is 55.7 cm³/mol. The number of nitrogens with two attached hydrogens (primary N) is 1. The molecule has 0 aliphatic carbocycles. The summed E-state index contributed by atoms with van der Waals surface area (Å²) in [5.74, 6) is -0.238. The average molecular weight is 207 g/mol. The molecule has 1 saturated heterocycles. The minimum atomic E-state index is -0.239. The van der Waals surface area contributed by atoms with Crippen LogP contribution in [0.1, 0.15) is 16.1 Å². The van der Waals surface area contributed by atoms with Gasteiger partial charge in [-0.1, -0.05) is 0 Å². The second-order valence-electron chi connectivity index (χ2n) is 3.86. The number of hydrogen-bond acceptors (Lipinski definition) is 3. The Labute approximate surface area is 86.9 Å².